The van der Waals surface area contributed by atoms with Gasteiger partial charge in [0, 0.05) is 18.2 Å². The van der Waals surface area contributed by atoms with Gasteiger partial charge in [-0.1, -0.05) is 6.07 Å². The van der Waals surface area contributed by atoms with Crippen molar-refractivity contribution in [1.82, 2.24) is 0 Å². The van der Waals surface area contributed by atoms with Crippen LogP contribution in [0.4, 0.5) is 5.69 Å². The molecule has 1 heterocycles. The largest absolute Gasteiger partial charge is 0.314 e. The predicted octanol–water partition coefficient (Wildman–Crippen LogP) is 1.88. The molecular weight excluding hydrogens is 174 g/mol. The van der Waals surface area contributed by atoms with E-state index >= 15 is 0 Å². The predicted molar refractivity (Wildman–Crippen MR) is 54.4 cm³/mol. The summed E-state index contributed by atoms with van der Waals surface area (Å²) in [5.74, 6) is 0.580. The Morgan fingerprint density at radius 1 is 1.57 bits per heavy atom. The zero-order chi connectivity index (χ0) is 9.54. The van der Waals surface area contributed by atoms with Crippen molar-refractivity contribution in [2.75, 3.05) is 11.4 Å². The van der Waals surface area contributed by atoms with Crippen LogP contribution in [0.15, 0.2) is 12.1 Å². The minimum Gasteiger partial charge on any atom is -0.314 e. The lowest BCUT2D eigenvalue weighted by Gasteiger charge is -2.19. The molecule has 1 aliphatic heterocycles. The van der Waals surface area contributed by atoms with Gasteiger partial charge in [-0.15, -0.1) is 0 Å². The molecule has 2 aliphatic rings. The van der Waals surface area contributed by atoms with Crippen LogP contribution < -0.4 is 4.90 Å². The third-order valence-electron chi connectivity index (χ3n) is 3.34. The Labute approximate surface area is 83.5 Å². The minimum absolute atomic E-state index is 0.580. The molecule has 1 amide bonds. The van der Waals surface area contributed by atoms with Gasteiger partial charge in [0.15, 0.2) is 0 Å². The summed E-state index contributed by atoms with van der Waals surface area (Å²) in [7, 11) is 0. The van der Waals surface area contributed by atoms with Gasteiger partial charge in [-0.3, -0.25) is 4.79 Å². The molecule has 0 bridgehead atoms. The second kappa shape index (κ2) is 2.84. The molecule has 1 aliphatic carbocycles. The first-order valence-electron chi connectivity index (χ1n) is 5.15. The molecule has 1 atom stereocenters. The number of benzene rings is 1. The fraction of sp³-hybridized carbons (Fsp3) is 0.417. The number of hydrogen-bond acceptors (Lipinski definition) is 1. The van der Waals surface area contributed by atoms with Crippen molar-refractivity contribution in [2.24, 2.45) is 0 Å². The number of anilines is 1. The monoisotopic (exact) mass is 186 g/mol. The topological polar surface area (TPSA) is 20.3 Å². The number of hydrogen-bond donors (Lipinski definition) is 0. The average molecular weight is 186 g/mol. The molecule has 0 fully saturated rings. The molecule has 1 unspecified atom stereocenters. The lowest BCUT2D eigenvalue weighted by atomic mass is 9.84. The Morgan fingerprint density at radius 3 is 3.36 bits per heavy atom. The summed E-state index contributed by atoms with van der Waals surface area (Å²) < 4.78 is 0. The van der Waals surface area contributed by atoms with Crippen LogP contribution in [0.3, 0.4) is 0 Å². The van der Waals surface area contributed by atoms with Gasteiger partial charge in [0.25, 0.3) is 0 Å². The number of amides is 1. The zero-order valence-corrected chi connectivity index (χ0v) is 7.99. The molecule has 1 radical (unpaired) electrons. The van der Waals surface area contributed by atoms with Gasteiger partial charge in [0.05, 0.1) is 0 Å². The van der Waals surface area contributed by atoms with E-state index in [0.717, 1.165) is 25.1 Å². The Morgan fingerprint density at radius 2 is 2.50 bits per heavy atom. The van der Waals surface area contributed by atoms with Gasteiger partial charge in [-0.25, -0.2) is 0 Å². The van der Waals surface area contributed by atoms with E-state index < -0.39 is 0 Å². The van der Waals surface area contributed by atoms with Gasteiger partial charge >= 0.3 is 0 Å². The zero-order valence-electron chi connectivity index (χ0n) is 7.99. The van der Waals surface area contributed by atoms with Crippen LogP contribution in [-0.4, -0.2) is 13.0 Å². The number of nitrogens with zero attached hydrogens (tertiary/aromatic N) is 1. The third kappa shape index (κ3) is 0.939. The first kappa shape index (κ1) is 8.04. The smallest absolute Gasteiger partial charge is 0.214 e. The number of carbonyl (C=O) groups is 1. The van der Waals surface area contributed by atoms with Crippen LogP contribution in [-0.2, 0) is 11.2 Å². The number of rotatable bonds is 1. The van der Waals surface area contributed by atoms with Gasteiger partial charge in [-0.2, -0.15) is 0 Å². The van der Waals surface area contributed by atoms with E-state index in [1.54, 1.807) is 0 Å². The Kier molecular flexibility index (Phi) is 1.63. The normalized spacial score (nSPS) is 23.4. The second-order valence-corrected chi connectivity index (χ2v) is 4.10. The summed E-state index contributed by atoms with van der Waals surface area (Å²) in [6.45, 7) is 0.879. The summed E-state index contributed by atoms with van der Waals surface area (Å²) in [4.78, 5) is 12.7. The van der Waals surface area contributed by atoms with E-state index in [0.29, 0.717) is 5.92 Å². The maximum atomic E-state index is 10.9. The minimum atomic E-state index is 0.580. The van der Waals surface area contributed by atoms with Crippen molar-refractivity contribution >= 4 is 12.1 Å². The van der Waals surface area contributed by atoms with E-state index in [4.69, 9.17) is 0 Å². The number of aryl methyl sites for hydroxylation is 1. The lowest BCUT2D eigenvalue weighted by Crippen LogP contribution is -2.19. The van der Waals surface area contributed by atoms with Gasteiger partial charge in [0.1, 0.15) is 0 Å². The Bertz CT molecular complexity index is 386. The van der Waals surface area contributed by atoms with E-state index in [9.17, 15) is 4.79 Å². The summed E-state index contributed by atoms with van der Waals surface area (Å²) in [6, 6.07) is 7.26. The molecule has 3 rings (SSSR count). The summed E-state index contributed by atoms with van der Waals surface area (Å²) in [6.07, 6.45) is 4.55. The second-order valence-electron chi connectivity index (χ2n) is 4.10. The SMILES string of the molecule is O=CN1CC2CCCc3[c]ccc1c32. The molecule has 0 spiro atoms. The molecule has 71 valence electrons. The Balaban J connectivity index is 2.19. The van der Waals surface area contributed by atoms with Crippen LogP contribution >= 0.6 is 0 Å². The molecule has 14 heavy (non-hydrogen) atoms. The van der Waals surface area contributed by atoms with Gasteiger partial charge in [-0.05, 0) is 42.5 Å². The molecule has 0 saturated heterocycles. The molecule has 0 aromatic heterocycles. The van der Waals surface area contributed by atoms with E-state index in [2.05, 4.69) is 6.07 Å². The maximum Gasteiger partial charge on any atom is 0.214 e. The van der Waals surface area contributed by atoms with Crippen molar-refractivity contribution < 1.29 is 4.79 Å². The molecule has 2 nitrogen and oxygen atoms in total. The molecule has 1 aromatic carbocycles. The average Bonchev–Trinajstić information content (AvgIpc) is 2.60. The van der Waals surface area contributed by atoms with Crippen molar-refractivity contribution in [2.45, 2.75) is 25.2 Å². The maximum absolute atomic E-state index is 10.9. The summed E-state index contributed by atoms with van der Waals surface area (Å²) in [5, 5.41) is 0. The first-order valence-corrected chi connectivity index (χ1v) is 5.15. The van der Waals surface area contributed by atoms with E-state index in [1.165, 1.54) is 24.0 Å². The van der Waals surface area contributed by atoms with Crippen LogP contribution in [0.25, 0.3) is 0 Å². The summed E-state index contributed by atoms with van der Waals surface area (Å²) >= 11 is 0. The van der Waals surface area contributed by atoms with Crippen LogP contribution in [0.5, 0.6) is 0 Å². The van der Waals surface area contributed by atoms with Gasteiger partial charge in [0.2, 0.25) is 6.41 Å². The fourth-order valence-corrected chi connectivity index (χ4v) is 2.74. The Hall–Kier alpha value is -1.31. The number of carbonyl (C=O) groups excluding carboxylic acids is 1. The van der Waals surface area contributed by atoms with Crippen molar-refractivity contribution in [1.29, 1.82) is 0 Å². The molecule has 2 heteroatoms. The van der Waals surface area contributed by atoms with Crippen LogP contribution in [0, 0.1) is 6.07 Å². The van der Waals surface area contributed by atoms with E-state index in [1.807, 2.05) is 17.0 Å². The van der Waals surface area contributed by atoms with Crippen LogP contribution in [0.1, 0.15) is 29.9 Å². The van der Waals surface area contributed by atoms with Crippen molar-refractivity contribution in [3.8, 4) is 0 Å². The lowest BCUT2D eigenvalue weighted by molar-refractivity contribution is -0.107. The van der Waals surface area contributed by atoms with E-state index in [-0.39, 0.29) is 0 Å². The van der Waals surface area contributed by atoms with Gasteiger partial charge < -0.3 is 4.90 Å². The highest BCUT2D eigenvalue weighted by molar-refractivity contribution is 5.81. The van der Waals surface area contributed by atoms with Crippen molar-refractivity contribution in [3.05, 3.63) is 29.3 Å². The molecule has 1 aromatic rings. The molecule has 0 N–H and O–H groups in total. The highest BCUT2D eigenvalue weighted by Gasteiger charge is 2.32. The molecular formula is C12H12NO. The first-order chi connectivity index (χ1) is 6.90. The molecule has 0 saturated carbocycles. The fourth-order valence-electron chi connectivity index (χ4n) is 2.74. The standard InChI is InChI=1S/C12H12NO/c14-8-13-7-10-5-1-3-9-4-2-6-11(13)12(9)10/h2,6,8,10H,1,3,5,7H2. The van der Waals surface area contributed by atoms with Crippen molar-refractivity contribution in [3.63, 3.8) is 0 Å². The van der Waals surface area contributed by atoms with Crippen LogP contribution in [0.2, 0.25) is 0 Å². The highest BCUT2D eigenvalue weighted by atomic mass is 16.1. The third-order valence-corrected chi connectivity index (χ3v) is 3.34. The highest BCUT2D eigenvalue weighted by Crippen LogP contribution is 2.43. The summed E-state index contributed by atoms with van der Waals surface area (Å²) in [5.41, 5.74) is 3.85. The quantitative estimate of drug-likeness (QED) is 0.613.